The minimum atomic E-state index is -0.385. The number of rotatable bonds is 2. The maximum Gasteiger partial charge on any atom is 0.338 e. The minimum absolute atomic E-state index is 0.0416. The molecule has 0 aliphatic carbocycles. The first kappa shape index (κ1) is 10.6. The lowest BCUT2D eigenvalue weighted by Crippen LogP contribution is -2.02. The fourth-order valence-corrected chi connectivity index (χ4v) is 1.58. The summed E-state index contributed by atoms with van der Waals surface area (Å²) in [5.41, 5.74) is 1.92. The average molecular weight is 217 g/mol. The molecule has 4 nitrogen and oxygen atoms in total. The van der Waals surface area contributed by atoms with E-state index >= 15 is 0 Å². The zero-order chi connectivity index (χ0) is 11.5. The van der Waals surface area contributed by atoms with Gasteiger partial charge in [0.15, 0.2) is 0 Å². The van der Waals surface area contributed by atoms with E-state index in [0.29, 0.717) is 11.1 Å². The number of fused-ring (bicyclic) bond motifs is 1. The predicted molar refractivity (Wildman–Crippen MR) is 59.0 cm³/mol. The molecular formula is C12H11NO3. The summed E-state index contributed by atoms with van der Waals surface area (Å²) in [6.45, 7) is -0.0416. The Morgan fingerprint density at radius 1 is 1.44 bits per heavy atom. The average Bonchev–Trinajstić information content (AvgIpc) is 2.36. The molecule has 0 radical (unpaired) electrons. The lowest BCUT2D eigenvalue weighted by Gasteiger charge is -2.05. The highest BCUT2D eigenvalue weighted by atomic mass is 16.5. The molecule has 0 bridgehead atoms. The Bertz CT molecular complexity index is 537. The molecule has 82 valence electrons. The third-order valence-electron chi connectivity index (χ3n) is 2.40. The van der Waals surface area contributed by atoms with Crippen molar-refractivity contribution in [1.82, 2.24) is 4.98 Å². The molecule has 1 aromatic heterocycles. The molecule has 1 N–H and O–H groups in total. The maximum atomic E-state index is 11.5. The highest BCUT2D eigenvalue weighted by molar-refractivity contribution is 6.03. The summed E-state index contributed by atoms with van der Waals surface area (Å²) in [4.78, 5) is 15.6. The number of pyridine rings is 1. The van der Waals surface area contributed by atoms with E-state index in [1.807, 2.05) is 0 Å². The summed E-state index contributed by atoms with van der Waals surface area (Å²) in [5.74, 6) is -0.385. The van der Waals surface area contributed by atoms with Gasteiger partial charge in [-0.25, -0.2) is 4.79 Å². The van der Waals surface area contributed by atoms with Gasteiger partial charge in [-0.1, -0.05) is 12.1 Å². The van der Waals surface area contributed by atoms with Crippen LogP contribution in [-0.2, 0) is 11.3 Å². The van der Waals surface area contributed by atoms with Crippen molar-refractivity contribution >= 4 is 16.9 Å². The summed E-state index contributed by atoms with van der Waals surface area (Å²) in [5, 5.41) is 9.73. The molecule has 1 heterocycles. The van der Waals surface area contributed by atoms with Crippen molar-refractivity contribution in [3.63, 3.8) is 0 Å². The first-order chi connectivity index (χ1) is 7.76. The molecule has 0 saturated heterocycles. The van der Waals surface area contributed by atoms with E-state index in [0.717, 1.165) is 10.9 Å². The van der Waals surface area contributed by atoms with E-state index in [4.69, 9.17) is 5.11 Å². The van der Waals surface area contributed by atoms with Crippen LogP contribution in [0.25, 0.3) is 10.9 Å². The number of carbonyl (C=O) groups is 1. The number of aliphatic hydroxyl groups is 1. The van der Waals surface area contributed by atoms with Gasteiger partial charge in [-0.3, -0.25) is 4.98 Å². The zero-order valence-corrected chi connectivity index (χ0v) is 8.80. The highest BCUT2D eigenvalue weighted by Crippen LogP contribution is 2.18. The SMILES string of the molecule is COC(=O)c1ccnc2cc(CO)ccc12. The highest BCUT2D eigenvalue weighted by Gasteiger charge is 2.10. The van der Waals surface area contributed by atoms with Gasteiger partial charge in [0, 0.05) is 11.6 Å². The molecule has 0 atom stereocenters. The zero-order valence-electron chi connectivity index (χ0n) is 8.80. The van der Waals surface area contributed by atoms with Crippen LogP contribution in [0, 0.1) is 0 Å². The maximum absolute atomic E-state index is 11.5. The fraction of sp³-hybridized carbons (Fsp3) is 0.167. The number of hydrogen-bond donors (Lipinski definition) is 1. The number of esters is 1. The third kappa shape index (κ3) is 1.75. The lowest BCUT2D eigenvalue weighted by atomic mass is 10.1. The van der Waals surface area contributed by atoms with Crippen molar-refractivity contribution in [2.75, 3.05) is 7.11 Å². The molecule has 16 heavy (non-hydrogen) atoms. The first-order valence-electron chi connectivity index (χ1n) is 4.83. The van der Waals surface area contributed by atoms with Gasteiger partial charge in [0.2, 0.25) is 0 Å². The molecule has 0 fully saturated rings. The van der Waals surface area contributed by atoms with E-state index in [-0.39, 0.29) is 12.6 Å². The molecule has 0 aliphatic heterocycles. The Kier molecular flexibility index (Phi) is 2.83. The quantitative estimate of drug-likeness (QED) is 0.775. The molecule has 1 aromatic carbocycles. The van der Waals surface area contributed by atoms with Crippen LogP contribution in [0.4, 0.5) is 0 Å². The second-order valence-corrected chi connectivity index (χ2v) is 3.36. The van der Waals surface area contributed by atoms with Crippen LogP contribution in [0.1, 0.15) is 15.9 Å². The Labute approximate surface area is 92.5 Å². The standard InChI is InChI=1S/C12H11NO3/c1-16-12(15)10-4-5-13-11-6-8(7-14)2-3-9(10)11/h2-6,14H,7H2,1H3. The first-order valence-corrected chi connectivity index (χ1v) is 4.83. The van der Waals surface area contributed by atoms with Gasteiger partial charge in [-0.05, 0) is 17.7 Å². The van der Waals surface area contributed by atoms with E-state index < -0.39 is 0 Å². The van der Waals surface area contributed by atoms with E-state index in [1.165, 1.54) is 7.11 Å². The Hall–Kier alpha value is -1.94. The summed E-state index contributed by atoms with van der Waals surface area (Å²) in [6, 6.07) is 6.89. The summed E-state index contributed by atoms with van der Waals surface area (Å²) >= 11 is 0. The van der Waals surface area contributed by atoms with Crippen molar-refractivity contribution < 1.29 is 14.6 Å². The predicted octanol–water partition coefficient (Wildman–Crippen LogP) is 1.51. The summed E-state index contributed by atoms with van der Waals surface area (Å²) < 4.78 is 4.68. The Morgan fingerprint density at radius 3 is 2.94 bits per heavy atom. The van der Waals surface area contributed by atoms with Crippen molar-refractivity contribution in [3.8, 4) is 0 Å². The van der Waals surface area contributed by atoms with E-state index in [1.54, 1.807) is 30.5 Å². The van der Waals surface area contributed by atoms with Crippen LogP contribution >= 0.6 is 0 Å². The van der Waals surface area contributed by atoms with E-state index in [9.17, 15) is 4.79 Å². The number of benzene rings is 1. The number of hydrogen-bond acceptors (Lipinski definition) is 4. The summed E-state index contributed by atoms with van der Waals surface area (Å²) in [6.07, 6.45) is 1.55. The monoisotopic (exact) mass is 217 g/mol. The van der Waals surface area contributed by atoms with Crippen molar-refractivity contribution in [3.05, 3.63) is 41.6 Å². The Balaban J connectivity index is 2.65. The number of carbonyl (C=O) groups excluding carboxylic acids is 1. The van der Waals surface area contributed by atoms with Gasteiger partial charge in [0.05, 0.1) is 24.8 Å². The normalized spacial score (nSPS) is 10.4. The number of aliphatic hydroxyl groups excluding tert-OH is 1. The van der Waals surface area contributed by atoms with Crippen LogP contribution in [0.5, 0.6) is 0 Å². The van der Waals surface area contributed by atoms with Crippen LogP contribution in [0.15, 0.2) is 30.5 Å². The van der Waals surface area contributed by atoms with Gasteiger partial charge >= 0.3 is 5.97 Å². The molecular weight excluding hydrogens is 206 g/mol. The lowest BCUT2D eigenvalue weighted by molar-refractivity contribution is 0.0603. The molecule has 0 aliphatic rings. The van der Waals surface area contributed by atoms with Crippen molar-refractivity contribution in [2.45, 2.75) is 6.61 Å². The molecule has 0 spiro atoms. The molecule has 2 rings (SSSR count). The molecule has 0 unspecified atom stereocenters. The minimum Gasteiger partial charge on any atom is -0.465 e. The number of methoxy groups -OCH3 is 1. The number of ether oxygens (including phenoxy) is 1. The van der Waals surface area contributed by atoms with Crippen molar-refractivity contribution in [1.29, 1.82) is 0 Å². The topological polar surface area (TPSA) is 59.4 Å². The number of aromatic nitrogens is 1. The van der Waals surface area contributed by atoms with Gasteiger partial charge < -0.3 is 9.84 Å². The van der Waals surface area contributed by atoms with Crippen LogP contribution in [0.3, 0.4) is 0 Å². The van der Waals surface area contributed by atoms with Gasteiger partial charge in [0.1, 0.15) is 0 Å². The van der Waals surface area contributed by atoms with Gasteiger partial charge in [-0.2, -0.15) is 0 Å². The molecule has 2 aromatic rings. The second kappa shape index (κ2) is 4.28. The fourth-order valence-electron chi connectivity index (χ4n) is 1.58. The molecule has 0 saturated carbocycles. The number of nitrogens with zero attached hydrogens (tertiary/aromatic N) is 1. The van der Waals surface area contributed by atoms with Crippen LogP contribution < -0.4 is 0 Å². The molecule has 0 amide bonds. The largest absolute Gasteiger partial charge is 0.465 e. The third-order valence-corrected chi connectivity index (χ3v) is 2.40. The van der Waals surface area contributed by atoms with Gasteiger partial charge in [0.25, 0.3) is 0 Å². The summed E-state index contributed by atoms with van der Waals surface area (Å²) in [7, 11) is 1.34. The second-order valence-electron chi connectivity index (χ2n) is 3.36. The van der Waals surface area contributed by atoms with Gasteiger partial charge in [-0.15, -0.1) is 0 Å². The van der Waals surface area contributed by atoms with E-state index in [2.05, 4.69) is 9.72 Å². The smallest absolute Gasteiger partial charge is 0.338 e. The van der Waals surface area contributed by atoms with Crippen LogP contribution in [0.2, 0.25) is 0 Å². The van der Waals surface area contributed by atoms with Crippen molar-refractivity contribution in [2.24, 2.45) is 0 Å². The van der Waals surface area contributed by atoms with Crippen LogP contribution in [-0.4, -0.2) is 23.2 Å². The molecule has 4 heteroatoms. The Morgan fingerprint density at radius 2 is 2.25 bits per heavy atom.